The second kappa shape index (κ2) is 5.40. The second-order valence-corrected chi connectivity index (χ2v) is 5.08. The topological polar surface area (TPSA) is 49.6 Å². The van der Waals surface area contributed by atoms with Gasteiger partial charge in [-0.05, 0) is 50.7 Å². The van der Waals surface area contributed by atoms with Gasteiger partial charge in [0.05, 0.1) is 0 Å². The van der Waals surface area contributed by atoms with Crippen LogP contribution in [0.5, 0.6) is 0 Å². The van der Waals surface area contributed by atoms with E-state index in [1.165, 1.54) is 12.8 Å². The van der Waals surface area contributed by atoms with E-state index in [1.54, 1.807) is 29.2 Å². The third kappa shape index (κ3) is 2.82. The zero-order valence-corrected chi connectivity index (χ0v) is 11.1. The minimum absolute atomic E-state index is 0.0651. The third-order valence-electron chi connectivity index (χ3n) is 3.66. The zero-order chi connectivity index (χ0) is 13.1. The van der Waals surface area contributed by atoms with E-state index < -0.39 is 0 Å². The maximum atomic E-state index is 12.2. The number of carbonyl (C=O) groups excluding carboxylic acids is 1. The Labute approximate surface area is 108 Å². The van der Waals surface area contributed by atoms with Gasteiger partial charge in [-0.15, -0.1) is 0 Å². The number of hydrogen-bond acceptors (Lipinski definition) is 3. The maximum absolute atomic E-state index is 12.2. The van der Waals surface area contributed by atoms with E-state index in [4.69, 9.17) is 5.73 Å². The monoisotopic (exact) mass is 247 g/mol. The molecule has 2 N–H and O–H groups in total. The standard InChI is InChI=1S/C14H21N3O/c1-16-9-3-4-13(16)10-17(2)14(18)11-5-7-12(15)8-6-11/h5-8,13H,3-4,9-10,15H2,1-2H3. The van der Waals surface area contributed by atoms with Crippen molar-refractivity contribution in [3.05, 3.63) is 29.8 Å². The molecule has 1 aliphatic rings. The summed E-state index contributed by atoms with van der Waals surface area (Å²) in [6, 6.07) is 7.60. The molecule has 98 valence electrons. The highest BCUT2D eigenvalue weighted by Crippen LogP contribution is 2.16. The second-order valence-electron chi connectivity index (χ2n) is 5.08. The Morgan fingerprint density at radius 1 is 1.44 bits per heavy atom. The van der Waals surface area contributed by atoms with Gasteiger partial charge in [-0.2, -0.15) is 0 Å². The normalized spacial score (nSPS) is 20.0. The number of carbonyl (C=O) groups is 1. The fourth-order valence-electron chi connectivity index (χ4n) is 2.46. The van der Waals surface area contributed by atoms with E-state index in [0.29, 0.717) is 17.3 Å². The van der Waals surface area contributed by atoms with Crippen LogP contribution in [0.4, 0.5) is 5.69 Å². The summed E-state index contributed by atoms with van der Waals surface area (Å²) < 4.78 is 0. The number of anilines is 1. The van der Waals surface area contributed by atoms with Crippen molar-refractivity contribution in [1.29, 1.82) is 0 Å². The summed E-state index contributed by atoms with van der Waals surface area (Å²) in [6.07, 6.45) is 2.40. The van der Waals surface area contributed by atoms with Crippen molar-refractivity contribution in [2.75, 3.05) is 32.9 Å². The molecule has 1 aromatic carbocycles. The zero-order valence-electron chi connectivity index (χ0n) is 11.1. The van der Waals surface area contributed by atoms with Crippen LogP contribution < -0.4 is 5.73 Å². The van der Waals surface area contributed by atoms with E-state index in [1.807, 2.05) is 7.05 Å². The Kier molecular flexibility index (Phi) is 3.87. The molecule has 0 saturated carbocycles. The number of likely N-dealkylation sites (tertiary alicyclic amines) is 1. The molecule has 1 heterocycles. The van der Waals surface area contributed by atoms with Crippen molar-refractivity contribution in [2.24, 2.45) is 0 Å². The molecule has 0 aromatic heterocycles. The minimum atomic E-state index is 0.0651. The summed E-state index contributed by atoms with van der Waals surface area (Å²) in [5.74, 6) is 0.0651. The average molecular weight is 247 g/mol. The highest BCUT2D eigenvalue weighted by atomic mass is 16.2. The van der Waals surface area contributed by atoms with Crippen molar-refractivity contribution in [1.82, 2.24) is 9.80 Å². The third-order valence-corrected chi connectivity index (χ3v) is 3.66. The van der Waals surface area contributed by atoms with E-state index >= 15 is 0 Å². The van der Waals surface area contributed by atoms with Crippen molar-refractivity contribution < 1.29 is 4.79 Å². The molecule has 1 aromatic rings. The van der Waals surface area contributed by atoms with Crippen LogP contribution in [0.1, 0.15) is 23.2 Å². The first-order valence-electron chi connectivity index (χ1n) is 6.39. The molecule has 1 unspecified atom stereocenters. The number of nitrogens with zero attached hydrogens (tertiary/aromatic N) is 2. The SMILES string of the molecule is CN(CC1CCCN1C)C(=O)c1ccc(N)cc1. The smallest absolute Gasteiger partial charge is 0.253 e. The predicted molar refractivity (Wildman–Crippen MR) is 73.5 cm³/mol. The summed E-state index contributed by atoms with van der Waals surface area (Å²) in [7, 11) is 3.99. The molecule has 1 amide bonds. The van der Waals surface area contributed by atoms with Crippen LogP contribution in [0.3, 0.4) is 0 Å². The molecule has 18 heavy (non-hydrogen) atoms. The van der Waals surface area contributed by atoms with E-state index in [9.17, 15) is 4.79 Å². The fraction of sp³-hybridized carbons (Fsp3) is 0.500. The van der Waals surface area contributed by atoms with E-state index in [2.05, 4.69) is 11.9 Å². The van der Waals surface area contributed by atoms with Gasteiger partial charge in [0.2, 0.25) is 0 Å². The van der Waals surface area contributed by atoms with Gasteiger partial charge in [-0.1, -0.05) is 0 Å². The van der Waals surface area contributed by atoms with Gasteiger partial charge in [0, 0.05) is 30.9 Å². The molecule has 4 nitrogen and oxygen atoms in total. The minimum Gasteiger partial charge on any atom is -0.399 e. The van der Waals surface area contributed by atoms with E-state index in [0.717, 1.165) is 13.1 Å². The van der Waals surface area contributed by atoms with Crippen LogP contribution in [0.2, 0.25) is 0 Å². The Morgan fingerprint density at radius 3 is 2.67 bits per heavy atom. The van der Waals surface area contributed by atoms with Gasteiger partial charge in [0.25, 0.3) is 5.91 Å². The average Bonchev–Trinajstić information content (AvgIpc) is 2.75. The Hall–Kier alpha value is -1.55. The van der Waals surface area contributed by atoms with Crippen LogP contribution in [0.25, 0.3) is 0 Å². The number of hydrogen-bond donors (Lipinski definition) is 1. The summed E-state index contributed by atoms with van der Waals surface area (Å²) in [5, 5.41) is 0. The lowest BCUT2D eigenvalue weighted by molar-refractivity contribution is 0.0761. The van der Waals surface area contributed by atoms with Gasteiger partial charge in [0.15, 0.2) is 0 Å². The van der Waals surface area contributed by atoms with Gasteiger partial charge < -0.3 is 15.5 Å². The number of nitrogens with two attached hydrogens (primary N) is 1. The highest BCUT2D eigenvalue weighted by molar-refractivity contribution is 5.94. The number of nitrogen functional groups attached to an aromatic ring is 1. The Balaban J connectivity index is 1.98. The summed E-state index contributed by atoms with van der Waals surface area (Å²) in [5.41, 5.74) is 7.01. The van der Waals surface area contributed by atoms with Gasteiger partial charge in [-0.3, -0.25) is 4.79 Å². The molecule has 4 heteroatoms. The van der Waals surface area contributed by atoms with Crippen LogP contribution >= 0.6 is 0 Å². The number of rotatable bonds is 3. The number of benzene rings is 1. The predicted octanol–water partition coefficient (Wildman–Crippen LogP) is 1.43. The molecule has 2 rings (SSSR count). The summed E-state index contributed by atoms with van der Waals surface area (Å²) in [6.45, 7) is 1.92. The first kappa shape index (κ1) is 12.9. The van der Waals surface area contributed by atoms with Crippen LogP contribution in [0.15, 0.2) is 24.3 Å². The van der Waals surface area contributed by atoms with Gasteiger partial charge in [0.1, 0.15) is 0 Å². The lowest BCUT2D eigenvalue weighted by atomic mass is 10.1. The number of amides is 1. The lowest BCUT2D eigenvalue weighted by Crippen LogP contribution is -2.39. The first-order chi connectivity index (χ1) is 8.58. The molecule has 0 spiro atoms. The molecule has 1 fully saturated rings. The summed E-state index contributed by atoms with van der Waals surface area (Å²) >= 11 is 0. The molecule has 0 aliphatic carbocycles. The highest BCUT2D eigenvalue weighted by Gasteiger charge is 2.24. The van der Waals surface area contributed by atoms with Crippen molar-refractivity contribution in [3.8, 4) is 0 Å². The van der Waals surface area contributed by atoms with Crippen LogP contribution in [-0.2, 0) is 0 Å². The molecule has 0 bridgehead atoms. The molecular weight excluding hydrogens is 226 g/mol. The summed E-state index contributed by atoms with van der Waals surface area (Å²) in [4.78, 5) is 16.3. The lowest BCUT2D eigenvalue weighted by Gasteiger charge is -2.26. The van der Waals surface area contributed by atoms with Crippen LogP contribution in [-0.4, -0.2) is 48.9 Å². The molecular formula is C14H21N3O. The molecule has 0 radical (unpaired) electrons. The van der Waals surface area contributed by atoms with E-state index in [-0.39, 0.29) is 5.91 Å². The van der Waals surface area contributed by atoms with Crippen molar-refractivity contribution in [3.63, 3.8) is 0 Å². The molecule has 1 aliphatic heterocycles. The van der Waals surface area contributed by atoms with Crippen molar-refractivity contribution >= 4 is 11.6 Å². The largest absolute Gasteiger partial charge is 0.399 e. The quantitative estimate of drug-likeness (QED) is 0.822. The fourth-order valence-corrected chi connectivity index (χ4v) is 2.46. The Bertz CT molecular complexity index is 416. The molecule has 1 atom stereocenters. The first-order valence-corrected chi connectivity index (χ1v) is 6.39. The Morgan fingerprint density at radius 2 is 2.11 bits per heavy atom. The van der Waals surface area contributed by atoms with Crippen molar-refractivity contribution in [2.45, 2.75) is 18.9 Å². The number of likely N-dealkylation sites (N-methyl/N-ethyl adjacent to an activating group) is 2. The maximum Gasteiger partial charge on any atom is 0.253 e. The molecule has 1 saturated heterocycles. The van der Waals surface area contributed by atoms with Gasteiger partial charge in [-0.25, -0.2) is 0 Å². The van der Waals surface area contributed by atoms with Crippen LogP contribution in [0, 0.1) is 0 Å². The van der Waals surface area contributed by atoms with Gasteiger partial charge >= 0.3 is 0 Å².